The van der Waals surface area contributed by atoms with Gasteiger partial charge in [0.25, 0.3) is 0 Å². The SMILES string of the molecule is CCOC(=O)c1ccc([C@H]2CCCNC2)c(C)c1. The molecule has 98 valence electrons. The first-order valence-electron chi connectivity index (χ1n) is 6.70. The Morgan fingerprint density at radius 2 is 2.33 bits per heavy atom. The number of piperidine rings is 1. The van der Waals surface area contributed by atoms with Crippen LogP contribution in [0.2, 0.25) is 0 Å². The molecule has 3 heteroatoms. The Balaban J connectivity index is 2.16. The Morgan fingerprint density at radius 3 is 2.94 bits per heavy atom. The molecular formula is C15H21NO2. The summed E-state index contributed by atoms with van der Waals surface area (Å²) in [4.78, 5) is 11.6. The molecule has 0 bridgehead atoms. The van der Waals surface area contributed by atoms with E-state index in [0.29, 0.717) is 18.1 Å². The number of rotatable bonds is 3. The second-order valence-corrected chi connectivity index (χ2v) is 4.84. The lowest BCUT2D eigenvalue weighted by molar-refractivity contribution is 0.0526. The highest BCUT2D eigenvalue weighted by Gasteiger charge is 2.18. The zero-order valence-electron chi connectivity index (χ0n) is 11.2. The van der Waals surface area contributed by atoms with E-state index in [0.717, 1.165) is 13.1 Å². The third-order valence-electron chi connectivity index (χ3n) is 3.52. The Bertz CT molecular complexity index is 423. The Morgan fingerprint density at radius 1 is 1.50 bits per heavy atom. The quantitative estimate of drug-likeness (QED) is 0.834. The summed E-state index contributed by atoms with van der Waals surface area (Å²) >= 11 is 0. The predicted octanol–water partition coefficient (Wildman–Crippen LogP) is 2.64. The second-order valence-electron chi connectivity index (χ2n) is 4.84. The van der Waals surface area contributed by atoms with Crippen molar-refractivity contribution in [2.75, 3.05) is 19.7 Å². The number of benzene rings is 1. The van der Waals surface area contributed by atoms with Gasteiger partial charge in [-0.25, -0.2) is 4.79 Å². The summed E-state index contributed by atoms with van der Waals surface area (Å²) in [5.41, 5.74) is 3.20. The number of esters is 1. The van der Waals surface area contributed by atoms with Gasteiger partial charge in [0.2, 0.25) is 0 Å². The van der Waals surface area contributed by atoms with E-state index in [1.807, 2.05) is 19.1 Å². The highest BCUT2D eigenvalue weighted by atomic mass is 16.5. The van der Waals surface area contributed by atoms with Gasteiger partial charge in [-0.15, -0.1) is 0 Å². The summed E-state index contributed by atoms with van der Waals surface area (Å²) in [6.07, 6.45) is 2.45. The molecule has 0 spiro atoms. The number of aryl methyl sites for hydroxylation is 1. The molecule has 1 fully saturated rings. The van der Waals surface area contributed by atoms with Crippen LogP contribution in [0.1, 0.15) is 47.2 Å². The summed E-state index contributed by atoms with van der Waals surface area (Å²) in [5.74, 6) is 0.351. The monoisotopic (exact) mass is 247 g/mol. The minimum absolute atomic E-state index is 0.228. The lowest BCUT2D eigenvalue weighted by Gasteiger charge is -2.24. The number of carbonyl (C=O) groups is 1. The van der Waals surface area contributed by atoms with Crippen molar-refractivity contribution in [3.05, 3.63) is 34.9 Å². The van der Waals surface area contributed by atoms with Crippen molar-refractivity contribution in [2.45, 2.75) is 32.6 Å². The second kappa shape index (κ2) is 6.01. The van der Waals surface area contributed by atoms with E-state index >= 15 is 0 Å². The molecule has 18 heavy (non-hydrogen) atoms. The molecule has 1 aliphatic heterocycles. The Kier molecular flexibility index (Phi) is 4.37. The summed E-state index contributed by atoms with van der Waals surface area (Å²) in [6, 6.07) is 5.91. The van der Waals surface area contributed by atoms with Gasteiger partial charge in [0, 0.05) is 6.54 Å². The normalized spacial score (nSPS) is 19.6. The minimum Gasteiger partial charge on any atom is -0.462 e. The highest BCUT2D eigenvalue weighted by Crippen LogP contribution is 2.26. The molecule has 0 unspecified atom stereocenters. The van der Waals surface area contributed by atoms with E-state index in [9.17, 15) is 4.79 Å². The van der Waals surface area contributed by atoms with Gasteiger partial charge in [-0.2, -0.15) is 0 Å². The van der Waals surface area contributed by atoms with Gasteiger partial charge in [-0.1, -0.05) is 6.07 Å². The molecule has 0 amide bonds. The molecule has 0 saturated carbocycles. The molecule has 1 saturated heterocycles. The molecule has 1 aromatic rings. The lowest BCUT2D eigenvalue weighted by atomic mass is 9.88. The van der Waals surface area contributed by atoms with Gasteiger partial charge in [-0.3, -0.25) is 0 Å². The van der Waals surface area contributed by atoms with Crippen molar-refractivity contribution in [3.8, 4) is 0 Å². The molecule has 0 aromatic heterocycles. The number of hydrogen-bond acceptors (Lipinski definition) is 3. The largest absolute Gasteiger partial charge is 0.462 e. The van der Waals surface area contributed by atoms with E-state index in [2.05, 4.69) is 18.3 Å². The number of nitrogens with one attached hydrogen (secondary N) is 1. The average Bonchev–Trinajstić information content (AvgIpc) is 2.40. The van der Waals surface area contributed by atoms with Crippen LogP contribution in [0.15, 0.2) is 18.2 Å². The minimum atomic E-state index is -0.228. The molecule has 2 rings (SSSR count). The summed E-state index contributed by atoms with van der Waals surface area (Å²) in [6.45, 7) is 6.49. The molecule has 0 aliphatic carbocycles. The van der Waals surface area contributed by atoms with Crippen molar-refractivity contribution < 1.29 is 9.53 Å². The predicted molar refractivity (Wildman–Crippen MR) is 72.0 cm³/mol. The van der Waals surface area contributed by atoms with Crippen molar-refractivity contribution in [1.29, 1.82) is 0 Å². The van der Waals surface area contributed by atoms with E-state index in [1.54, 1.807) is 0 Å². The summed E-state index contributed by atoms with van der Waals surface area (Å²) < 4.78 is 5.02. The zero-order chi connectivity index (χ0) is 13.0. The van der Waals surface area contributed by atoms with Crippen LogP contribution in [0.4, 0.5) is 0 Å². The number of hydrogen-bond donors (Lipinski definition) is 1. The molecular weight excluding hydrogens is 226 g/mol. The molecule has 1 aromatic carbocycles. The van der Waals surface area contributed by atoms with Gasteiger partial charge in [-0.05, 0) is 62.4 Å². The van der Waals surface area contributed by atoms with E-state index in [-0.39, 0.29) is 5.97 Å². The smallest absolute Gasteiger partial charge is 0.338 e. The third-order valence-corrected chi connectivity index (χ3v) is 3.52. The Labute approximate surface area is 109 Å². The van der Waals surface area contributed by atoms with Crippen LogP contribution in [0.5, 0.6) is 0 Å². The maximum absolute atomic E-state index is 11.6. The van der Waals surface area contributed by atoms with Gasteiger partial charge >= 0.3 is 5.97 Å². The lowest BCUT2D eigenvalue weighted by Crippen LogP contribution is -2.28. The van der Waals surface area contributed by atoms with Crippen molar-refractivity contribution in [1.82, 2.24) is 5.32 Å². The van der Waals surface area contributed by atoms with Gasteiger partial charge in [0.1, 0.15) is 0 Å². The highest BCUT2D eigenvalue weighted by molar-refractivity contribution is 5.89. The van der Waals surface area contributed by atoms with E-state index in [4.69, 9.17) is 4.74 Å². The fourth-order valence-electron chi connectivity index (χ4n) is 2.59. The van der Waals surface area contributed by atoms with Crippen LogP contribution >= 0.6 is 0 Å². The molecule has 1 N–H and O–H groups in total. The summed E-state index contributed by atoms with van der Waals surface area (Å²) in [5, 5.41) is 3.43. The first kappa shape index (κ1) is 13.1. The van der Waals surface area contributed by atoms with Crippen LogP contribution in [-0.4, -0.2) is 25.7 Å². The van der Waals surface area contributed by atoms with Gasteiger partial charge in [0.15, 0.2) is 0 Å². The van der Waals surface area contributed by atoms with Crippen LogP contribution in [-0.2, 0) is 4.74 Å². The van der Waals surface area contributed by atoms with Gasteiger partial charge < -0.3 is 10.1 Å². The maximum Gasteiger partial charge on any atom is 0.338 e. The summed E-state index contributed by atoms with van der Waals surface area (Å²) in [7, 11) is 0. The third kappa shape index (κ3) is 2.91. The van der Waals surface area contributed by atoms with E-state index in [1.165, 1.54) is 24.0 Å². The van der Waals surface area contributed by atoms with Gasteiger partial charge in [0.05, 0.1) is 12.2 Å². The van der Waals surface area contributed by atoms with Crippen LogP contribution in [0.3, 0.4) is 0 Å². The fourth-order valence-corrected chi connectivity index (χ4v) is 2.59. The average molecular weight is 247 g/mol. The molecule has 0 radical (unpaired) electrons. The van der Waals surface area contributed by atoms with Crippen molar-refractivity contribution >= 4 is 5.97 Å². The topological polar surface area (TPSA) is 38.3 Å². The maximum atomic E-state index is 11.6. The first-order valence-corrected chi connectivity index (χ1v) is 6.70. The molecule has 1 atom stereocenters. The standard InChI is InChI=1S/C15H21NO2/c1-3-18-15(17)12-6-7-14(11(2)9-12)13-5-4-8-16-10-13/h6-7,9,13,16H,3-5,8,10H2,1-2H3/t13-/m0/s1. The van der Waals surface area contributed by atoms with Crippen LogP contribution in [0, 0.1) is 6.92 Å². The first-order chi connectivity index (χ1) is 8.72. The van der Waals surface area contributed by atoms with E-state index < -0.39 is 0 Å². The number of carbonyl (C=O) groups excluding carboxylic acids is 1. The van der Waals surface area contributed by atoms with Crippen LogP contribution in [0.25, 0.3) is 0 Å². The number of ether oxygens (including phenoxy) is 1. The molecule has 3 nitrogen and oxygen atoms in total. The Hall–Kier alpha value is -1.35. The molecule has 1 heterocycles. The van der Waals surface area contributed by atoms with Crippen LogP contribution < -0.4 is 5.32 Å². The molecule has 1 aliphatic rings. The van der Waals surface area contributed by atoms with Crippen molar-refractivity contribution in [2.24, 2.45) is 0 Å². The fraction of sp³-hybridized carbons (Fsp3) is 0.533. The zero-order valence-corrected chi connectivity index (χ0v) is 11.2. The van der Waals surface area contributed by atoms with Crippen molar-refractivity contribution in [3.63, 3.8) is 0 Å².